The minimum absolute atomic E-state index is 0.664. The van der Waals surface area contributed by atoms with Gasteiger partial charge in [-0.2, -0.15) is 0 Å². The average Bonchev–Trinajstić information content (AvgIpc) is 2.86. The molecule has 2 aromatic rings. The first-order chi connectivity index (χ1) is 9.31. The van der Waals surface area contributed by atoms with Crippen molar-refractivity contribution in [1.82, 2.24) is 0 Å². The molecule has 1 aliphatic carbocycles. The van der Waals surface area contributed by atoms with Crippen molar-refractivity contribution >= 4 is 5.69 Å². The van der Waals surface area contributed by atoms with Crippen molar-refractivity contribution in [3.63, 3.8) is 0 Å². The monoisotopic (exact) mass is 251 g/mol. The molecule has 0 heterocycles. The number of rotatable bonds is 3. The average molecular weight is 251 g/mol. The van der Waals surface area contributed by atoms with Crippen LogP contribution in [0.25, 0.3) is 11.1 Å². The molecule has 0 aliphatic heterocycles. The molecule has 1 saturated carbocycles. The molecule has 2 aromatic carbocycles. The predicted octanol–water partition coefficient (Wildman–Crippen LogP) is 4.95. The molecule has 0 amide bonds. The van der Waals surface area contributed by atoms with Gasteiger partial charge in [-0.1, -0.05) is 49.4 Å². The summed E-state index contributed by atoms with van der Waals surface area (Å²) in [5, 5.41) is 3.65. The van der Waals surface area contributed by atoms with Gasteiger partial charge < -0.3 is 5.32 Å². The molecule has 1 aliphatic rings. The van der Waals surface area contributed by atoms with Crippen LogP contribution in [0.1, 0.15) is 26.2 Å². The van der Waals surface area contributed by atoms with Crippen molar-refractivity contribution in [1.29, 1.82) is 0 Å². The molecule has 1 fully saturated rings. The first-order valence-corrected chi connectivity index (χ1v) is 7.23. The van der Waals surface area contributed by atoms with Gasteiger partial charge in [0.25, 0.3) is 0 Å². The number of nitrogens with one attached hydrogen (secondary N) is 1. The third-order valence-corrected chi connectivity index (χ3v) is 4.06. The highest BCUT2D eigenvalue weighted by Crippen LogP contribution is 2.28. The fraction of sp³-hybridized carbons (Fsp3) is 0.333. The van der Waals surface area contributed by atoms with Crippen molar-refractivity contribution < 1.29 is 0 Å². The fourth-order valence-corrected chi connectivity index (χ4v) is 2.96. The molecule has 0 radical (unpaired) electrons. The third-order valence-electron chi connectivity index (χ3n) is 4.06. The zero-order valence-corrected chi connectivity index (χ0v) is 11.5. The summed E-state index contributed by atoms with van der Waals surface area (Å²) in [7, 11) is 0. The van der Waals surface area contributed by atoms with Gasteiger partial charge in [0.15, 0.2) is 0 Å². The van der Waals surface area contributed by atoms with Gasteiger partial charge in [0.05, 0.1) is 0 Å². The van der Waals surface area contributed by atoms with Crippen LogP contribution in [-0.4, -0.2) is 6.04 Å². The standard InChI is InChI=1S/C18H21N/c1-14-7-10-18(13-14)19-17-11-8-16(9-12-17)15-5-3-2-4-6-15/h2-6,8-9,11-12,14,18-19H,7,10,13H2,1H3. The van der Waals surface area contributed by atoms with E-state index in [1.54, 1.807) is 0 Å². The molecule has 0 bridgehead atoms. The number of anilines is 1. The van der Waals surface area contributed by atoms with Gasteiger partial charge in [-0.05, 0) is 48.4 Å². The van der Waals surface area contributed by atoms with E-state index in [9.17, 15) is 0 Å². The summed E-state index contributed by atoms with van der Waals surface area (Å²) in [5.74, 6) is 0.876. The van der Waals surface area contributed by atoms with Gasteiger partial charge >= 0.3 is 0 Å². The maximum Gasteiger partial charge on any atom is 0.0342 e. The summed E-state index contributed by atoms with van der Waals surface area (Å²) in [6, 6.07) is 20.0. The van der Waals surface area contributed by atoms with E-state index in [1.807, 2.05) is 0 Å². The summed E-state index contributed by atoms with van der Waals surface area (Å²) in [6.07, 6.45) is 3.97. The van der Waals surface area contributed by atoms with Gasteiger partial charge in [-0.3, -0.25) is 0 Å². The van der Waals surface area contributed by atoms with Crippen molar-refractivity contribution in [3.8, 4) is 11.1 Å². The van der Waals surface area contributed by atoms with Crippen LogP contribution in [-0.2, 0) is 0 Å². The molecule has 0 spiro atoms. The number of benzene rings is 2. The molecular weight excluding hydrogens is 230 g/mol. The van der Waals surface area contributed by atoms with Gasteiger partial charge in [0, 0.05) is 11.7 Å². The van der Waals surface area contributed by atoms with Gasteiger partial charge in [-0.15, -0.1) is 0 Å². The number of hydrogen-bond acceptors (Lipinski definition) is 1. The van der Waals surface area contributed by atoms with E-state index in [1.165, 1.54) is 36.1 Å². The Hall–Kier alpha value is -1.76. The molecule has 98 valence electrons. The highest BCUT2D eigenvalue weighted by atomic mass is 14.9. The first kappa shape index (κ1) is 12.3. The second kappa shape index (κ2) is 5.48. The molecule has 2 unspecified atom stereocenters. The smallest absolute Gasteiger partial charge is 0.0342 e. The van der Waals surface area contributed by atoms with Crippen LogP contribution in [0.2, 0.25) is 0 Å². The van der Waals surface area contributed by atoms with E-state index in [2.05, 4.69) is 66.8 Å². The minimum atomic E-state index is 0.664. The zero-order chi connectivity index (χ0) is 13.1. The Kier molecular flexibility index (Phi) is 3.54. The van der Waals surface area contributed by atoms with Crippen LogP contribution < -0.4 is 5.32 Å². The van der Waals surface area contributed by atoms with E-state index < -0.39 is 0 Å². The SMILES string of the molecule is CC1CCC(Nc2ccc(-c3ccccc3)cc2)C1. The highest BCUT2D eigenvalue weighted by Gasteiger charge is 2.20. The summed E-state index contributed by atoms with van der Waals surface area (Å²) < 4.78 is 0. The Bertz CT molecular complexity index is 515. The lowest BCUT2D eigenvalue weighted by Crippen LogP contribution is -2.14. The second-order valence-corrected chi connectivity index (χ2v) is 5.70. The first-order valence-electron chi connectivity index (χ1n) is 7.23. The van der Waals surface area contributed by atoms with Crippen LogP contribution in [0.3, 0.4) is 0 Å². The van der Waals surface area contributed by atoms with Crippen molar-refractivity contribution in [2.24, 2.45) is 5.92 Å². The van der Waals surface area contributed by atoms with E-state index in [-0.39, 0.29) is 0 Å². The van der Waals surface area contributed by atoms with Crippen molar-refractivity contribution in [3.05, 3.63) is 54.6 Å². The Labute approximate surface area is 115 Å². The highest BCUT2D eigenvalue weighted by molar-refractivity contribution is 5.65. The van der Waals surface area contributed by atoms with E-state index in [0.717, 1.165) is 5.92 Å². The minimum Gasteiger partial charge on any atom is -0.382 e. The lowest BCUT2D eigenvalue weighted by molar-refractivity contribution is 0.602. The van der Waals surface area contributed by atoms with Crippen LogP contribution in [0.4, 0.5) is 5.69 Å². The Balaban J connectivity index is 1.69. The lowest BCUT2D eigenvalue weighted by Gasteiger charge is -2.14. The number of hydrogen-bond donors (Lipinski definition) is 1. The quantitative estimate of drug-likeness (QED) is 0.813. The normalized spacial score (nSPS) is 22.4. The summed E-state index contributed by atoms with van der Waals surface area (Å²) in [5.41, 5.74) is 3.81. The maximum absolute atomic E-state index is 3.65. The summed E-state index contributed by atoms with van der Waals surface area (Å²) in [6.45, 7) is 2.35. The van der Waals surface area contributed by atoms with E-state index in [4.69, 9.17) is 0 Å². The molecule has 19 heavy (non-hydrogen) atoms. The largest absolute Gasteiger partial charge is 0.382 e. The summed E-state index contributed by atoms with van der Waals surface area (Å²) in [4.78, 5) is 0. The second-order valence-electron chi connectivity index (χ2n) is 5.70. The Morgan fingerprint density at radius 2 is 1.53 bits per heavy atom. The van der Waals surface area contributed by atoms with Crippen LogP contribution >= 0.6 is 0 Å². The van der Waals surface area contributed by atoms with Crippen LogP contribution in [0.5, 0.6) is 0 Å². The summed E-state index contributed by atoms with van der Waals surface area (Å²) >= 11 is 0. The third kappa shape index (κ3) is 2.98. The molecule has 1 heteroatoms. The van der Waals surface area contributed by atoms with Gasteiger partial charge in [-0.25, -0.2) is 0 Å². The Morgan fingerprint density at radius 3 is 2.16 bits per heavy atom. The maximum atomic E-state index is 3.65. The van der Waals surface area contributed by atoms with Gasteiger partial charge in [0.1, 0.15) is 0 Å². The predicted molar refractivity (Wildman–Crippen MR) is 82.3 cm³/mol. The van der Waals surface area contributed by atoms with Crippen LogP contribution in [0.15, 0.2) is 54.6 Å². The lowest BCUT2D eigenvalue weighted by atomic mass is 10.1. The van der Waals surface area contributed by atoms with E-state index >= 15 is 0 Å². The molecule has 0 saturated heterocycles. The van der Waals surface area contributed by atoms with Crippen molar-refractivity contribution in [2.75, 3.05) is 5.32 Å². The van der Waals surface area contributed by atoms with Crippen LogP contribution in [0, 0.1) is 5.92 Å². The molecular formula is C18H21N. The molecule has 3 rings (SSSR count). The topological polar surface area (TPSA) is 12.0 Å². The fourth-order valence-electron chi connectivity index (χ4n) is 2.96. The molecule has 1 N–H and O–H groups in total. The molecule has 1 nitrogen and oxygen atoms in total. The zero-order valence-electron chi connectivity index (χ0n) is 11.5. The van der Waals surface area contributed by atoms with Gasteiger partial charge in [0.2, 0.25) is 0 Å². The Morgan fingerprint density at radius 1 is 0.842 bits per heavy atom. The van der Waals surface area contributed by atoms with E-state index in [0.29, 0.717) is 6.04 Å². The molecule has 2 atom stereocenters. The molecule has 0 aromatic heterocycles. The van der Waals surface area contributed by atoms with Crippen molar-refractivity contribution in [2.45, 2.75) is 32.2 Å².